The van der Waals surface area contributed by atoms with Crippen LogP contribution in [0.2, 0.25) is 0 Å². The molecule has 0 saturated carbocycles. The summed E-state index contributed by atoms with van der Waals surface area (Å²) in [6.45, 7) is 9.41. The van der Waals surface area contributed by atoms with Crippen molar-refractivity contribution in [1.82, 2.24) is 14.9 Å². The first-order chi connectivity index (χ1) is 21.9. The number of rotatable bonds is 10. The highest BCUT2D eigenvalue weighted by molar-refractivity contribution is 5.72. The summed E-state index contributed by atoms with van der Waals surface area (Å²) in [7, 11) is 1.75. The molecule has 2 aromatic carbocycles. The Kier molecular flexibility index (Phi) is 9.82. The van der Waals surface area contributed by atoms with Crippen LogP contribution in [0.5, 0.6) is 11.5 Å². The van der Waals surface area contributed by atoms with Crippen LogP contribution in [0, 0.1) is 12.8 Å². The average molecular weight is 617 g/mol. The largest absolute Gasteiger partial charge is 0.496 e. The van der Waals surface area contributed by atoms with E-state index in [0.29, 0.717) is 44.7 Å². The van der Waals surface area contributed by atoms with Gasteiger partial charge < -0.3 is 29.0 Å². The van der Waals surface area contributed by atoms with Gasteiger partial charge in [0.15, 0.2) is 0 Å². The number of anilines is 1. The van der Waals surface area contributed by atoms with Gasteiger partial charge in [0.05, 0.1) is 24.8 Å². The Labute approximate surface area is 265 Å². The fraction of sp³-hybridized carbons (Fsp3) is 0.514. The van der Waals surface area contributed by atoms with E-state index in [1.165, 1.54) is 11.1 Å². The molecule has 45 heavy (non-hydrogen) atoms. The lowest BCUT2D eigenvalue weighted by Gasteiger charge is -2.38. The molecule has 10 heteroatoms. The summed E-state index contributed by atoms with van der Waals surface area (Å²) < 4.78 is 23.8. The first-order valence-corrected chi connectivity index (χ1v) is 16.1. The minimum absolute atomic E-state index is 0.405. The number of ether oxygens (including phenoxy) is 4. The van der Waals surface area contributed by atoms with Crippen LogP contribution in [0.3, 0.4) is 0 Å². The van der Waals surface area contributed by atoms with E-state index in [1.807, 2.05) is 43.0 Å². The van der Waals surface area contributed by atoms with Crippen LogP contribution < -0.4 is 14.4 Å². The third kappa shape index (κ3) is 6.93. The summed E-state index contributed by atoms with van der Waals surface area (Å²) in [5, 5.41) is 9.67. The van der Waals surface area contributed by atoms with E-state index in [9.17, 15) is 9.90 Å². The lowest BCUT2D eigenvalue weighted by atomic mass is 9.94. The number of carboxylic acids is 1. The molecule has 0 bridgehead atoms. The molecule has 4 heterocycles. The number of methoxy groups -OCH3 is 1. The topological polar surface area (TPSA) is 106 Å². The number of aliphatic carboxylic acids is 1. The number of carboxylic acid groups (broad SMARTS) is 1. The zero-order valence-electron chi connectivity index (χ0n) is 26.5. The van der Waals surface area contributed by atoms with Crippen molar-refractivity contribution < 1.29 is 28.8 Å². The van der Waals surface area contributed by atoms with Crippen molar-refractivity contribution in [2.45, 2.75) is 64.8 Å². The highest BCUT2D eigenvalue weighted by atomic mass is 16.5. The van der Waals surface area contributed by atoms with Gasteiger partial charge in [-0.15, -0.1) is 0 Å². The van der Waals surface area contributed by atoms with Gasteiger partial charge in [0.25, 0.3) is 0 Å². The van der Waals surface area contributed by atoms with Crippen molar-refractivity contribution >= 4 is 11.9 Å². The maximum absolute atomic E-state index is 11.8. The summed E-state index contributed by atoms with van der Waals surface area (Å²) >= 11 is 0. The number of para-hydroxylation sites is 1. The van der Waals surface area contributed by atoms with Crippen molar-refractivity contribution in [2.24, 2.45) is 5.92 Å². The molecule has 240 valence electrons. The molecular formula is C35H44N4O6. The molecule has 2 atom stereocenters. The summed E-state index contributed by atoms with van der Waals surface area (Å²) in [6.07, 6.45) is 4.99. The van der Waals surface area contributed by atoms with Crippen LogP contribution in [-0.2, 0) is 33.8 Å². The molecule has 2 saturated heterocycles. The van der Waals surface area contributed by atoms with Gasteiger partial charge in [-0.3, -0.25) is 9.69 Å². The number of nitrogens with zero attached hydrogens (tertiary/aromatic N) is 4. The summed E-state index contributed by atoms with van der Waals surface area (Å²) in [5.41, 5.74) is 6.34. The molecule has 3 aromatic rings. The van der Waals surface area contributed by atoms with Crippen molar-refractivity contribution in [3.63, 3.8) is 0 Å². The van der Waals surface area contributed by atoms with Gasteiger partial charge in [0, 0.05) is 69.4 Å². The lowest BCUT2D eigenvalue weighted by molar-refractivity contribution is -0.148. The molecule has 1 N–H and O–H groups in total. The zero-order chi connectivity index (χ0) is 31.3. The van der Waals surface area contributed by atoms with Crippen molar-refractivity contribution in [1.29, 1.82) is 0 Å². The number of benzene rings is 2. The van der Waals surface area contributed by atoms with Gasteiger partial charge in [-0.2, -0.15) is 0 Å². The molecule has 0 amide bonds. The first-order valence-electron chi connectivity index (χ1n) is 16.1. The molecule has 2 fully saturated rings. The lowest BCUT2D eigenvalue weighted by Crippen LogP contribution is -2.48. The van der Waals surface area contributed by atoms with Gasteiger partial charge in [0.2, 0.25) is 5.95 Å². The Bertz CT molecular complexity index is 1480. The fourth-order valence-electron chi connectivity index (χ4n) is 6.96. The fourth-order valence-corrected chi connectivity index (χ4v) is 6.96. The van der Waals surface area contributed by atoms with Crippen LogP contribution in [0.25, 0.3) is 11.3 Å². The number of fused-ring (bicyclic) bond motifs is 1. The van der Waals surface area contributed by atoms with Gasteiger partial charge in [-0.05, 0) is 74.4 Å². The van der Waals surface area contributed by atoms with Crippen LogP contribution in [0.15, 0.2) is 42.6 Å². The van der Waals surface area contributed by atoms with E-state index >= 15 is 0 Å². The number of hydrogen-bond acceptors (Lipinski definition) is 9. The first kappa shape index (κ1) is 31.3. The highest BCUT2D eigenvalue weighted by Crippen LogP contribution is 2.36. The third-order valence-corrected chi connectivity index (χ3v) is 9.37. The Morgan fingerprint density at radius 1 is 1.13 bits per heavy atom. The molecule has 0 spiro atoms. The molecule has 1 aromatic heterocycles. The molecule has 6 rings (SSSR count). The van der Waals surface area contributed by atoms with Crippen molar-refractivity contribution in [3.05, 3.63) is 64.8 Å². The summed E-state index contributed by atoms with van der Waals surface area (Å²) in [4.78, 5) is 25.8. The molecule has 0 radical (unpaired) electrons. The second-order valence-electron chi connectivity index (χ2n) is 12.2. The minimum Gasteiger partial charge on any atom is -0.496 e. The van der Waals surface area contributed by atoms with E-state index in [-0.39, 0.29) is 0 Å². The van der Waals surface area contributed by atoms with Crippen LogP contribution in [0.1, 0.15) is 48.4 Å². The normalized spacial score (nSPS) is 20.9. The molecule has 0 unspecified atom stereocenters. The molecule has 0 aliphatic carbocycles. The second kappa shape index (κ2) is 14.1. The van der Waals surface area contributed by atoms with E-state index in [4.69, 9.17) is 23.9 Å². The maximum atomic E-state index is 11.8. The molecule has 3 aliphatic rings. The Balaban J connectivity index is 1.20. The third-order valence-electron chi connectivity index (χ3n) is 9.37. The van der Waals surface area contributed by atoms with Gasteiger partial charge in [-0.25, -0.2) is 9.97 Å². The number of piperidine rings is 1. The van der Waals surface area contributed by atoms with Crippen LogP contribution in [0.4, 0.5) is 5.95 Å². The predicted molar refractivity (Wildman–Crippen MR) is 171 cm³/mol. The van der Waals surface area contributed by atoms with E-state index in [0.717, 1.165) is 79.4 Å². The minimum atomic E-state index is -0.821. The van der Waals surface area contributed by atoms with E-state index in [1.54, 1.807) is 13.3 Å². The number of aromatic nitrogens is 2. The standard InChI is InChI=1S/C35H44N4O6/c1-4-44-32-21-39(15-10-28(32)34(40)41)35-36-13-8-30(37-35)27-7-5-6-23(2)33(27)45-22-24-18-25-9-14-38(26-11-16-43-17-12-26)20-29(25)31(19-24)42-3/h5-8,13,18-19,26,28,32H,4,9-12,14-17,20-22H2,1-3H3,(H,40,41)/t28-,32+/m1/s1. The molecular weight excluding hydrogens is 572 g/mol. The zero-order valence-corrected chi connectivity index (χ0v) is 26.5. The van der Waals surface area contributed by atoms with Crippen LogP contribution in [-0.4, -0.2) is 84.7 Å². The monoisotopic (exact) mass is 616 g/mol. The Hall–Kier alpha value is -3.73. The highest BCUT2D eigenvalue weighted by Gasteiger charge is 2.36. The van der Waals surface area contributed by atoms with Gasteiger partial charge in [-0.1, -0.05) is 18.2 Å². The van der Waals surface area contributed by atoms with Crippen molar-refractivity contribution in [2.75, 3.05) is 51.5 Å². The number of aryl methyl sites for hydroxylation is 1. The summed E-state index contributed by atoms with van der Waals surface area (Å²) in [6, 6.07) is 12.9. The summed E-state index contributed by atoms with van der Waals surface area (Å²) in [5.74, 6) is 0.904. The van der Waals surface area contributed by atoms with E-state index < -0.39 is 18.0 Å². The van der Waals surface area contributed by atoms with Crippen LogP contribution >= 0.6 is 0 Å². The average Bonchev–Trinajstić information content (AvgIpc) is 3.07. The molecule has 10 nitrogen and oxygen atoms in total. The van der Waals surface area contributed by atoms with Crippen molar-refractivity contribution in [3.8, 4) is 22.8 Å². The molecule has 3 aliphatic heterocycles. The quantitative estimate of drug-likeness (QED) is 0.338. The van der Waals surface area contributed by atoms with Gasteiger partial charge in [0.1, 0.15) is 18.1 Å². The Morgan fingerprint density at radius 2 is 1.98 bits per heavy atom. The smallest absolute Gasteiger partial charge is 0.309 e. The number of carbonyl (C=O) groups is 1. The SMILES string of the molecule is CCO[C@H]1CN(c2nccc(-c3cccc(C)c3OCc3cc4c(c(OC)c3)CN(C3CCOCC3)CC4)n2)CC[C@H]1C(=O)O. The Morgan fingerprint density at radius 3 is 2.76 bits per heavy atom. The van der Waals surface area contributed by atoms with Gasteiger partial charge >= 0.3 is 5.97 Å². The second-order valence-corrected chi connectivity index (χ2v) is 12.2. The van der Waals surface area contributed by atoms with E-state index in [2.05, 4.69) is 22.0 Å². The maximum Gasteiger partial charge on any atom is 0.309 e. The number of hydrogen-bond donors (Lipinski definition) is 1. The predicted octanol–water partition coefficient (Wildman–Crippen LogP) is 4.89.